The van der Waals surface area contributed by atoms with Crippen molar-refractivity contribution in [3.63, 3.8) is 0 Å². The first kappa shape index (κ1) is 30.5. The number of methoxy groups -OCH3 is 1. The third kappa shape index (κ3) is 7.33. The summed E-state index contributed by atoms with van der Waals surface area (Å²) in [5, 5.41) is 10.9. The van der Waals surface area contributed by atoms with E-state index in [2.05, 4.69) is 4.98 Å². The minimum absolute atomic E-state index is 0.0130. The largest absolute Gasteiger partial charge is 0.467 e. The van der Waals surface area contributed by atoms with Crippen LogP contribution in [0.25, 0.3) is 0 Å². The van der Waals surface area contributed by atoms with Crippen LogP contribution in [0.1, 0.15) is 36.8 Å². The van der Waals surface area contributed by atoms with Crippen LogP contribution in [-0.4, -0.2) is 82.1 Å². The van der Waals surface area contributed by atoms with Crippen LogP contribution in [0.3, 0.4) is 0 Å². The fourth-order valence-corrected chi connectivity index (χ4v) is 4.02. The first-order chi connectivity index (χ1) is 19.3. The summed E-state index contributed by atoms with van der Waals surface area (Å²) in [4.78, 5) is 75.1. The Balaban J connectivity index is 2.02. The van der Waals surface area contributed by atoms with E-state index >= 15 is 0 Å². The summed E-state index contributed by atoms with van der Waals surface area (Å²) < 4.78 is 33.2. The van der Waals surface area contributed by atoms with Gasteiger partial charge in [-0.05, 0) is 5.56 Å². The number of rotatable bonds is 10. The predicted octanol–water partition coefficient (Wildman–Crippen LogP) is 0.0103. The summed E-state index contributed by atoms with van der Waals surface area (Å²) in [7, 11) is 1.02. The van der Waals surface area contributed by atoms with Gasteiger partial charge in [0, 0.05) is 39.4 Å². The average Bonchev–Trinajstić information content (AvgIpc) is 3.28. The molecule has 3 rings (SSSR count). The maximum atomic E-state index is 12.6. The van der Waals surface area contributed by atoms with Gasteiger partial charge in [-0.1, -0.05) is 12.1 Å². The van der Waals surface area contributed by atoms with Gasteiger partial charge in [-0.15, -0.1) is 0 Å². The number of benzene rings is 1. The van der Waals surface area contributed by atoms with Gasteiger partial charge in [-0.2, -0.15) is 0 Å². The van der Waals surface area contributed by atoms with Crippen molar-refractivity contribution in [2.75, 3.05) is 7.11 Å². The molecule has 1 fully saturated rings. The van der Waals surface area contributed by atoms with Crippen molar-refractivity contribution in [2.24, 2.45) is 5.73 Å². The highest BCUT2D eigenvalue weighted by Crippen LogP contribution is 2.32. The fourth-order valence-electron chi connectivity index (χ4n) is 4.02. The molecule has 0 unspecified atom stereocenters. The molecule has 0 spiro atoms. The summed E-state index contributed by atoms with van der Waals surface area (Å²) >= 11 is 0. The van der Waals surface area contributed by atoms with E-state index in [0.717, 1.165) is 27.9 Å². The molecule has 2 aromatic rings. The van der Waals surface area contributed by atoms with Crippen LogP contribution in [0.4, 0.5) is 5.69 Å². The SMILES string of the molecule is COC(=O)[C@H]1O[C@@H](Oc2ncn(Cc3ccc([N+](=O)[O-])cc3)c2C(N)=O)[C@H](OC(C)=O)[C@@H](OC(C)=O)[C@@H]1OC(C)=O. The fraction of sp³-hybridized carbons (Fsp3) is 0.417. The van der Waals surface area contributed by atoms with Gasteiger partial charge in [0.25, 0.3) is 11.6 Å². The molecule has 1 aromatic heterocycles. The van der Waals surface area contributed by atoms with Crippen molar-refractivity contribution in [3.8, 4) is 5.88 Å². The van der Waals surface area contributed by atoms with Gasteiger partial charge in [0.2, 0.25) is 18.3 Å². The molecule has 0 saturated carbocycles. The lowest BCUT2D eigenvalue weighted by Crippen LogP contribution is -2.64. The van der Waals surface area contributed by atoms with E-state index in [1.54, 1.807) is 0 Å². The van der Waals surface area contributed by atoms with Gasteiger partial charge in [0.1, 0.15) is 0 Å². The predicted molar refractivity (Wildman–Crippen MR) is 131 cm³/mol. The lowest BCUT2D eigenvalue weighted by Gasteiger charge is -2.42. The van der Waals surface area contributed by atoms with Crippen molar-refractivity contribution in [1.29, 1.82) is 0 Å². The minimum atomic E-state index is -1.76. The maximum absolute atomic E-state index is 12.6. The number of nitrogens with zero attached hydrogens (tertiary/aromatic N) is 3. The monoisotopic (exact) mass is 578 g/mol. The lowest BCUT2D eigenvalue weighted by atomic mass is 9.97. The Bertz CT molecular complexity index is 1340. The zero-order chi connectivity index (χ0) is 30.4. The number of imidazole rings is 1. The molecule has 2 heterocycles. The van der Waals surface area contributed by atoms with E-state index in [4.69, 9.17) is 34.2 Å². The molecule has 1 aromatic carbocycles. The molecule has 5 atom stereocenters. The van der Waals surface area contributed by atoms with Crippen LogP contribution in [0.2, 0.25) is 0 Å². The number of primary amides is 1. The normalized spacial score (nSPS) is 21.7. The molecule has 17 heteroatoms. The van der Waals surface area contributed by atoms with Gasteiger partial charge in [-0.3, -0.25) is 29.3 Å². The zero-order valence-electron chi connectivity index (χ0n) is 22.2. The number of nitro benzene ring substituents is 1. The number of hydrogen-bond donors (Lipinski definition) is 1. The second-order valence-electron chi connectivity index (χ2n) is 8.60. The second-order valence-corrected chi connectivity index (χ2v) is 8.60. The molecule has 41 heavy (non-hydrogen) atoms. The topological polar surface area (TPSA) is 228 Å². The van der Waals surface area contributed by atoms with E-state index in [9.17, 15) is 34.1 Å². The number of ether oxygens (including phenoxy) is 6. The van der Waals surface area contributed by atoms with E-state index in [1.165, 1.54) is 35.2 Å². The Kier molecular flexibility index (Phi) is 9.56. The lowest BCUT2D eigenvalue weighted by molar-refractivity contribution is -0.384. The molecule has 1 aliphatic rings. The van der Waals surface area contributed by atoms with Gasteiger partial charge in [0.05, 0.1) is 18.4 Å². The first-order valence-electron chi connectivity index (χ1n) is 11.8. The first-order valence-corrected chi connectivity index (χ1v) is 11.8. The summed E-state index contributed by atoms with van der Waals surface area (Å²) in [6.07, 6.45) is -7.19. The Hall–Kier alpha value is -5.06. The molecule has 220 valence electrons. The zero-order valence-corrected chi connectivity index (χ0v) is 22.2. The number of nitrogens with two attached hydrogens (primary N) is 1. The molecule has 1 aliphatic heterocycles. The van der Waals surface area contributed by atoms with E-state index in [-0.39, 0.29) is 17.9 Å². The molecule has 0 bridgehead atoms. The number of non-ortho nitro benzene ring substituents is 1. The van der Waals surface area contributed by atoms with E-state index in [1.807, 2.05) is 0 Å². The number of esters is 4. The Morgan fingerprint density at radius 1 is 0.976 bits per heavy atom. The molecule has 17 nitrogen and oxygen atoms in total. The maximum Gasteiger partial charge on any atom is 0.339 e. The van der Waals surface area contributed by atoms with Crippen LogP contribution in [0.15, 0.2) is 30.6 Å². The van der Waals surface area contributed by atoms with Gasteiger partial charge < -0.3 is 38.7 Å². The molecule has 0 radical (unpaired) electrons. The van der Waals surface area contributed by atoms with E-state index < -0.39 is 71.3 Å². The number of hydrogen-bond acceptors (Lipinski definition) is 14. The molecular weight excluding hydrogens is 552 g/mol. The number of aromatic nitrogens is 2. The van der Waals surface area contributed by atoms with Crippen molar-refractivity contribution < 1.29 is 57.3 Å². The highest BCUT2D eigenvalue weighted by molar-refractivity contribution is 5.93. The van der Waals surface area contributed by atoms with Gasteiger partial charge in [-0.25, -0.2) is 9.78 Å². The second kappa shape index (κ2) is 12.9. The molecule has 1 amide bonds. The molecular formula is C24H26N4O13. The van der Waals surface area contributed by atoms with Crippen LogP contribution >= 0.6 is 0 Å². The number of carbonyl (C=O) groups is 5. The Labute approximate surface area is 231 Å². The smallest absolute Gasteiger partial charge is 0.339 e. The summed E-state index contributed by atoms with van der Waals surface area (Å²) in [5.41, 5.74) is 5.69. The van der Waals surface area contributed by atoms with Crippen LogP contribution < -0.4 is 10.5 Å². The number of amides is 1. The third-order valence-corrected chi connectivity index (χ3v) is 5.60. The molecule has 0 aliphatic carbocycles. The van der Waals surface area contributed by atoms with Gasteiger partial charge in [0.15, 0.2) is 24.0 Å². The Morgan fingerprint density at radius 2 is 1.54 bits per heavy atom. The summed E-state index contributed by atoms with van der Waals surface area (Å²) in [6.45, 7) is 3.07. The highest BCUT2D eigenvalue weighted by Gasteiger charge is 2.56. The van der Waals surface area contributed by atoms with Crippen molar-refractivity contribution in [2.45, 2.75) is 58.0 Å². The molecule has 1 saturated heterocycles. The highest BCUT2D eigenvalue weighted by atomic mass is 16.7. The third-order valence-electron chi connectivity index (χ3n) is 5.60. The van der Waals surface area contributed by atoms with Gasteiger partial charge >= 0.3 is 23.9 Å². The minimum Gasteiger partial charge on any atom is -0.467 e. The summed E-state index contributed by atoms with van der Waals surface area (Å²) in [5.74, 6) is -5.13. The average molecular weight is 578 g/mol. The van der Waals surface area contributed by atoms with Crippen molar-refractivity contribution >= 4 is 35.5 Å². The quantitative estimate of drug-likeness (QED) is 0.169. The van der Waals surface area contributed by atoms with Crippen LogP contribution in [0.5, 0.6) is 5.88 Å². The number of carbonyl (C=O) groups excluding carboxylic acids is 5. The molecule has 2 N–H and O–H groups in total. The van der Waals surface area contributed by atoms with Crippen molar-refractivity contribution in [1.82, 2.24) is 9.55 Å². The van der Waals surface area contributed by atoms with Crippen LogP contribution in [0, 0.1) is 10.1 Å². The van der Waals surface area contributed by atoms with Crippen molar-refractivity contribution in [3.05, 3.63) is 52.0 Å². The standard InChI is InChI=1S/C24H26N4O13/c1-11(29)37-17-18(38-12(2)30)20(39-13(3)31)24(40-19(17)23(33)36-4)41-22-16(21(25)32)27(10-26-22)9-14-5-7-15(8-6-14)28(34)35/h5-8,10,17-20,24H,9H2,1-4H3,(H2,25,32)/t17-,18-,19-,20+,24-/m0/s1. The Morgan fingerprint density at radius 3 is 2.05 bits per heavy atom. The summed E-state index contributed by atoms with van der Waals surface area (Å²) in [6, 6.07) is 5.47. The van der Waals surface area contributed by atoms with E-state index in [0.29, 0.717) is 5.56 Å². The number of nitro groups is 1. The van der Waals surface area contributed by atoms with Crippen LogP contribution in [-0.2, 0) is 49.4 Å².